The number of carbonyl (C=O) groups is 2. The lowest BCUT2D eigenvalue weighted by atomic mass is 10.1. The van der Waals surface area contributed by atoms with Crippen molar-refractivity contribution >= 4 is 39.1 Å². The molecule has 2 amide bonds. The van der Waals surface area contributed by atoms with E-state index in [0.29, 0.717) is 22.8 Å². The maximum atomic E-state index is 14.3. The van der Waals surface area contributed by atoms with Crippen LogP contribution in [0.5, 0.6) is 5.75 Å². The molecular formula is C32H38ClN3O5S. The number of rotatable bonds is 12. The van der Waals surface area contributed by atoms with Crippen molar-refractivity contribution in [1.29, 1.82) is 0 Å². The fourth-order valence-electron chi connectivity index (χ4n) is 5.33. The predicted octanol–water partition coefficient (Wildman–Crippen LogP) is 5.72. The van der Waals surface area contributed by atoms with Crippen molar-refractivity contribution in [3.63, 3.8) is 0 Å². The molecule has 1 aliphatic carbocycles. The lowest BCUT2D eigenvalue weighted by Gasteiger charge is -2.34. The van der Waals surface area contributed by atoms with E-state index in [9.17, 15) is 18.0 Å². The number of benzene rings is 3. The number of carbonyl (C=O) groups excluding carboxylic acids is 2. The van der Waals surface area contributed by atoms with Crippen molar-refractivity contribution < 1.29 is 22.7 Å². The Morgan fingerprint density at radius 1 is 1.02 bits per heavy atom. The number of halogens is 1. The van der Waals surface area contributed by atoms with Gasteiger partial charge in [-0.3, -0.25) is 13.9 Å². The molecule has 0 spiro atoms. The molecule has 224 valence electrons. The van der Waals surface area contributed by atoms with Crippen LogP contribution in [0.4, 0.5) is 5.69 Å². The van der Waals surface area contributed by atoms with Gasteiger partial charge in [0.15, 0.2) is 0 Å². The molecule has 0 aromatic heterocycles. The zero-order valence-corrected chi connectivity index (χ0v) is 25.8. The Bertz CT molecular complexity index is 1490. The van der Waals surface area contributed by atoms with Crippen LogP contribution < -0.4 is 14.4 Å². The van der Waals surface area contributed by atoms with Gasteiger partial charge in [-0.1, -0.05) is 73.8 Å². The summed E-state index contributed by atoms with van der Waals surface area (Å²) < 4.78 is 34.8. The van der Waals surface area contributed by atoms with E-state index in [1.807, 2.05) is 26.0 Å². The van der Waals surface area contributed by atoms with Gasteiger partial charge in [-0.15, -0.1) is 0 Å². The molecule has 1 atom stereocenters. The normalized spacial score (nSPS) is 14.3. The van der Waals surface area contributed by atoms with Crippen molar-refractivity contribution in [2.75, 3.05) is 18.0 Å². The lowest BCUT2D eigenvalue weighted by molar-refractivity contribution is -0.140. The molecule has 0 aliphatic heterocycles. The third-order valence-electron chi connectivity index (χ3n) is 7.60. The van der Waals surface area contributed by atoms with Crippen molar-refractivity contribution in [1.82, 2.24) is 10.2 Å². The SMILES string of the molecule is CC[C@@H](C(=O)NC1CCCC1)N(Cc1ccccc1Cl)C(=O)CN(c1cc(C)ccc1OC)S(=O)(=O)c1ccccc1. The van der Waals surface area contributed by atoms with Gasteiger partial charge in [0.1, 0.15) is 18.3 Å². The zero-order chi connectivity index (χ0) is 30.3. The first-order chi connectivity index (χ1) is 20.1. The first-order valence-electron chi connectivity index (χ1n) is 14.2. The Kier molecular flexibility index (Phi) is 10.5. The van der Waals surface area contributed by atoms with E-state index in [1.54, 1.807) is 48.5 Å². The second-order valence-corrected chi connectivity index (χ2v) is 12.8. The molecule has 0 radical (unpaired) electrons. The summed E-state index contributed by atoms with van der Waals surface area (Å²) in [5.74, 6) is -0.488. The largest absolute Gasteiger partial charge is 0.495 e. The first kappa shape index (κ1) is 31.4. The van der Waals surface area contributed by atoms with E-state index in [2.05, 4.69) is 5.32 Å². The van der Waals surface area contributed by atoms with Gasteiger partial charge in [-0.25, -0.2) is 8.42 Å². The van der Waals surface area contributed by atoms with Crippen LogP contribution in [-0.2, 0) is 26.2 Å². The number of hydrogen-bond donors (Lipinski definition) is 1. The van der Waals surface area contributed by atoms with Crippen LogP contribution in [0.15, 0.2) is 77.7 Å². The maximum Gasteiger partial charge on any atom is 0.264 e. The van der Waals surface area contributed by atoms with E-state index in [4.69, 9.17) is 16.3 Å². The topological polar surface area (TPSA) is 96.0 Å². The van der Waals surface area contributed by atoms with E-state index in [-0.39, 0.29) is 29.1 Å². The third kappa shape index (κ3) is 7.25. The summed E-state index contributed by atoms with van der Waals surface area (Å²) >= 11 is 6.49. The smallest absolute Gasteiger partial charge is 0.264 e. The van der Waals surface area contributed by atoms with Crippen molar-refractivity contribution in [2.24, 2.45) is 0 Å². The minimum absolute atomic E-state index is 0.0324. The van der Waals surface area contributed by atoms with Gasteiger partial charge in [-0.05, 0) is 67.6 Å². The molecule has 1 N–H and O–H groups in total. The van der Waals surface area contributed by atoms with Crippen molar-refractivity contribution in [3.8, 4) is 5.75 Å². The molecular weight excluding hydrogens is 574 g/mol. The summed E-state index contributed by atoms with van der Waals surface area (Å²) in [6.07, 6.45) is 4.24. The summed E-state index contributed by atoms with van der Waals surface area (Å²) in [6.45, 7) is 3.17. The number of sulfonamides is 1. The zero-order valence-electron chi connectivity index (χ0n) is 24.3. The van der Waals surface area contributed by atoms with Gasteiger partial charge in [0.05, 0.1) is 17.7 Å². The van der Waals surface area contributed by atoms with Gasteiger partial charge in [0.25, 0.3) is 10.0 Å². The molecule has 0 saturated heterocycles. The van der Waals surface area contributed by atoms with Gasteiger partial charge in [0, 0.05) is 17.6 Å². The Morgan fingerprint density at radius 2 is 1.69 bits per heavy atom. The van der Waals surface area contributed by atoms with Gasteiger partial charge in [-0.2, -0.15) is 0 Å². The van der Waals surface area contributed by atoms with E-state index >= 15 is 0 Å². The average Bonchev–Trinajstić information content (AvgIpc) is 3.50. The number of ether oxygens (including phenoxy) is 1. The van der Waals surface area contributed by atoms with Crippen molar-refractivity contribution in [3.05, 3.63) is 88.9 Å². The number of nitrogens with zero attached hydrogens (tertiary/aromatic N) is 2. The summed E-state index contributed by atoms with van der Waals surface area (Å²) in [5.41, 5.74) is 1.68. The Morgan fingerprint density at radius 3 is 2.33 bits per heavy atom. The predicted molar refractivity (Wildman–Crippen MR) is 165 cm³/mol. The van der Waals surface area contributed by atoms with Crippen LogP contribution >= 0.6 is 11.6 Å². The minimum Gasteiger partial charge on any atom is -0.495 e. The lowest BCUT2D eigenvalue weighted by Crippen LogP contribution is -2.53. The molecule has 1 fully saturated rings. The highest BCUT2D eigenvalue weighted by Crippen LogP contribution is 2.34. The van der Waals surface area contributed by atoms with Gasteiger partial charge >= 0.3 is 0 Å². The monoisotopic (exact) mass is 611 g/mol. The fraction of sp³-hybridized carbons (Fsp3) is 0.375. The molecule has 1 saturated carbocycles. The van der Waals surface area contributed by atoms with E-state index in [0.717, 1.165) is 35.6 Å². The number of nitrogens with one attached hydrogen (secondary N) is 1. The molecule has 42 heavy (non-hydrogen) atoms. The molecule has 3 aromatic rings. The number of amides is 2. The number of anilines is 1. The number of hydrogen-bond acceptors (Lipinski definition) is 5. The Labute approximate surface area is 253 Å². The molecule has 0 unspecified atom stereocenters. The second-order valence-electron chi connectivity index (χ2n) is 10.5. The van der Waals surface area contributed by atoms with Crippen LogP contribution in [0.2, 0.25) is 5.02 Å². The quantitative estimate of drug-likeness (QED) is 0.283. The highest BCUT2D eigenvalue weighted by atomic mass is 35.5. The summed E-state index contributed by atoms with van der Waals surface area (Å²) in [6, 6.07) is 19.5. The summed E-state index contributed by atoms with van der Waals surface area (Å²) in [4.78, 5) is 29.4. The summed E-state index contributed by atoms with van der Waals surface area (Å²) in [7, 11) is -2.75. The summed E-state index contributed by atoms with van der Waals surface area (Å²) in [5, 5.41) is 3.57. The second kappa shape index (κ2) is 14.1. The Balaban J connectivity index is 1.77. The van der Waals surface area contributed by atoms with Crippen LogP contribution in [0.25, 0.3) is 0 Å². The van der Waals surface area contributed by atoms with Crippen LogP contribution in [-0.4, -0.2) is 50.9 Å². The van der Waals surface area contributed by atoms with Crippen LogP contribution in [0.3, 0.4) is 0 Å². The van der Waals surface area contributed by atoms with E-state index < -0.39 is 28.5 Å². The van der Waals surface area contributed by atoms with E-state index in [1.165, 1.54) is 24.1 Å². The van der Waals surface area contributed by atoms with Crippen molar-refractivity contribution in [2.45, 2.75) is 69.5 Å². The standard InChI is InChI=1S/C32H38ClN3O5S/c1-4-28(32(38)34-25-13-9-10-14-25)35(21-24-12-8-11-17-27(24)33)31(37)22-36(29-20-23(2)18-19-30(29)41-3)42(39,40)26-15-6-5-7-16-26/h5-8,11-12,15-20,25,28H,4,9-10,13-14,21-22H2,1-3H3,(H,34,38)/t28-/m0/s1. The highest BCUT2D eigenvalue weighted by Gasteiger charge is 2.35. The van der Waals surface area contributed by atoms with Gasteiger partial charge < -0.3 is 15.0 Å². The first-order valence-corrected chi connectivity index (χ1v) is 16.0. The van der Waals surface area contributed by atoms with Crippen LogP contribution in [0.1, 0.15) is 50.2 Å². The molecule has 3 aromatic carbocycles. The number of aryl methyl sites for hydroxylation is 1. The molecule has 0 heterocycles. The minimum atomic E-state index is -4.21. The molecule has 1 aliphatic rings. The van der Waals surface area contributed by atoms with Gasteiger partial charge in [0.2, 0.25) is 11.8 Å². The molecule has 0 bridgehead atoms. The highest BCUT2D eigenvalue weighted by molar-refractivity contribution is 7.92. The maximum absolute atomic E-state index is 14.3. The average molecular weight is 612 g/mol. The fourth-order valence-corrected chi connectivity index (χ4v) is 6.96. The molecule has 8 nitrogen and oxygen atoms in total. The van der Waals surface area contributed by atoms with Crippen LogP contribution in [0, 0.1) is 6.92 Å². The third-order valence-corrected chi connectivity index (χ3v) is 9.74. The Hall–Kier alpha value is -3.56. The number of methoxy groups -OCH3 is 1. The molecule has 10 heteroatoms. The molecule has 4 rings (SSSR count).